The lowest BCUT2D eigenvalue weighted by Gasteiger charge is -2.09. The fraction of sp³-hybridized carbons (Fsp3) is 0.800. The molecule has 52 valence electrons. The summed E-state index contributed by atoms with van der Waals surface area (Å²) in [5, 5.41) is 8.35. The van der Waals surface area contributed by atoms with Crippen molar-refractivity contribution >= 4 is 11.1 Å². The molecule has 0 fully saturated rings. The van der Waals surface area contributed by atoms with Gasteiger partial charge in [0, 0.05) is 0 Å². The van der Waals surface area contributed by atoms with Gasteiger partial charge in [-0.1, -0.05) is 0 Å². The molecule has 0 aromatic carbocycles. The monoisotopic (exact) mass is 147 g/mol. The van der Waals surface area contributed by atoms with E-state index in [0.717, 1.165) is 0 Å². The lowest BCUT2D eigenvalue weighted by molar-refractivity contribution is 0.513. The minimum Gasteiger partial charge on any atom is -0.306 e. The van der Waals surface area contributed by atoms with Crippen LogP contribution in [-0.2, 0) is 11.1 Å². The zero-order valence-electron chi connectivity index (χ0n) is 5.42. The van der Waals surface area contributed by atoms with Gasteiger partial charge in [0.05, 0.1) is 17.2 Å². The first-order valence-electron chi connectivity index (χ1n) is 2.47. The number of hydrogen-bond donors (Lipinski definition) is 1. The van der Waals surface area contributed by atoms with Gasteiger partial charge in [-0.2, -0.15) is 5.26 Å². The molecule has 0 saturated heterocycles. The summed E-state index contributed by atoms with van der Waals surface area (Å²) >= 11 is -1.86. The quantitative estimate of drug-likeness (QED) is 0.586. The third-order valence-corrected chi connectivity index (χ3v) is 1.76. The Labute approximate surface area is 57.0 Å². The van der Waals surface area contributed by atoms with Crippen LogP contribution in [0.25, 0.3) is 0 Å². The summed E-state index contributed by atoms with van der Waals surface area (Å²) < 4.78 is 18.5. The lowest BCUT2D eigenvalue weighted by atomic mass is 10.00. The van der Waals surface area contributed by atoms with Crippen molar-refractivity contribution in [2.75, 3.05) is 5.75 Å². The minimum absolute atomic E-state index is 0.0174. The number of hydrogen-bond acceptors (Lipinski definition) is 2. The standard InChI is InChI=1S/C5H9NO2S/c1-5(2,3-6)4-9(7)8/h4H2,1-2H3,(H,7,8). The summed E-state index contributed by atoms with van der Waals surface area (Å²) in [6, 6.07) is 1.92. The van der Waals surface area contributed by atoms with E-state index >= 15 is 0 Å². The van der Waals surface area contributed by atoms with Gasteiger partial charge >= 0.3 is 0 Å². The number of nitrogens with zero attached hydrogens (tertiary/aromatic N) is 1. The fourth-order valence-corrected chi connectivity index (χ4v) is 1.02. The molecule has 0 radical (unpaired) electrons. The van der Waals surface area contributed by atoms with Crippen LogP contribution in [0.1, 0.15) is 13.8 Å². The van der Waals surface area contributed by atoms with Gasteiger partial charge in [0.1, 0.15) is 0 Å². The van der Waals surface area contributed by atoms with E-state index in [1.807, 2.05) is 6.07 Å². The van der Waals surface area contributed by atoms with Crippen LogP contribution in [0.2, 0.25) is 0 Å². The van der Waals surface area contributed by atoms with E-state index < -0.39 is 16.5 Å². The minimum atomic E-state index is -1.86. The second kappa shape index (κ2) is 2.95. The Kier molecular flexibility index (Phi) is 2.82. The average molecular weight is 147 g/mol. The SMILES string of the molecule is CC(C)(C#N)CS(=O)O. The predicted molar refractivity (Wildman–Crippen MR) is 35.0 cm³/mol. The molecule has 0 bridgehead atoms. The summed E-state index contributed by atoms with van der Waals surface area (Å²) in [6.45, 7) is 3.25. The first-order valence-corrected chi connectivity index (χ1v) is 3.74. The fourth-order valence-electron chi connectivity index (χ4n) is 0.341. The first kappa shape index (κ1) is 8.60. The van der Waals surface area contributed by atoms with Crippen molar-refractivity contribution in [3.63, 3.8) is 0 Å². The van der Waals surface area contributed by atoms with E-state index in [0.29, 0.717) is 0 Å². The zero-order valence-corrected chi connectivity index (χ0v) is 6.23. The molecule has 0 rings (SSSR count). The van der Waals surface area contributed by atoms with Crippen molar-refractivity contribution in [1.82, 2.24) is 0 Å². The number of rotatable bonds is 2. The van der Waals surface area contributed by atoms with Crippen molar-refractivity contribution in [2.45, 2.75) is 13.8 Å². The van der Waals surface area contributed by atoms with Crippen molar-refractivity contribution < 1.29 is 8.76 Å². The third kappa shape index (κ3) is 4.13. The van der Waals surface area contributed by atoms with Crippen LogP contribution in [0.3, 0.4) is 0 Å². The maximum atomic E-state index is 10.1. The highest BCUT2D eigenvalue weighted by molar-refractivity contribution is 7.79. The lowest BCUT2D eigenvalue weighted by Crippen LogP contribution is -2.17. The Morgan fingerprint density at radius 3 is 2.33 bits per heavy atom. The van der Waals surface area contributed by atoms with Gasteiger partial charge in [0.2, 0.25) is 0 Å². The summed E-state index contributed by atoms with van der Waals surface area (Å²) in [5.74, 6) is 0.0174. The second-order valence-electron chi connectivity index (χ2n) is 2.46. The Morgan fingerprint density at radius 1 is 1.78 bits per heavy atom. The van der Waals surface area contributed by atoms with Crippen LogP contribution >= 0.6 is 0 Å². The molecule has 3 nitrogen and oxygen atoms in total. The molecule has 9 heavy (non-hydrogen) atoms. The van der Waals surface area contributed by atoms with Gasteiger partial charge in [-0.3, -0.25) is 0 Å². The summed E-state index contributed by atoms with van der Waals surface area (Å²) in [5.41, 5.74) is -0.681. The Balaban J connectivity index is 3.91. The first-order chi connectivity index (χ1) is 3.98. The predicted octanol–water partition coefficient (Wildman–Crippen LogP) is 0.758. The molecule has 0 aromatic heterocycles. The normalized spacial score (nSPS) is 14.4. The smallest absolute Gasteiger partial charge is 0.154 e. The highest BCUT2D eigenvalue weighted by Crippen LogP contribution is 2.13. The van der Waals surface area contributed by atoms with Gasteiger partial charge in [-0.15, -0.1) is 0 Å². The molecule has 0 aliphatic carbocycles. The molecule has 0 saturated carbocycles. The molecule has 0 aliphatic heterocycles. The average Bonchev–Trinajstić information content (AvgIpc) is 1.63. The largest absolute Gasteiger partial charge is 0.306 e. The van der Waals surface area contributed by atoms with Crippen molar-refractivity contribution in [1.29, 1.82) is 5.26 Å². The Hall–Kier alpha value is -0.400. The third-order valence-electron chi connectivity index (χ3n) is 0.787. The van der Waals surface area contributed by atoms with E-state index in [1.54, 1.807) is 13.8 Å². The van der Waals surface area contributed by atoms with Gasteiger partial charge in [-0.25, -0.2) is 4.21 Å². The van der Waals surface area contributed by atoms with Crippen molar-refractivity contribution in [2.24, 2.45) is 5.41 Å². The van der Waals surface area contributed by atoms with E-state index in [-0.39, 0.29) is 5.75 Å². The molecule has 4 heteroatoms. The molecular formula is C5H9NO2S. The van der Waals surface area contributed by atoms with Gasteiger partial charge in [0.15, 0.2) is 11.1 Å². The van der Waals surface area contributed by atoms with Crippen LogP contribution in [0.15, 0.2) is 0 Å². The molecule has 0 heterocycles. The number of nitriles is 1. The molecule has 1 unspecified atom stereocenters. The van der Waals surface area contributed by atoms with E-state index in [4.69, 9.17) is 9.81 Å². The summed E-state index contributed by atoms with van der Waals surface area (Å²) in [4.78, 5) is 0. The van der Waals surface area contributed by atoms with Crippen LogP contribution in [0.4, 0.5) is 0 Å². The van der Waals surface area contributed by atoms with E-state index in [2.05, 4.69) is 0 Å². The van der Waals surface area contributed by atoms with Crippen LogP contribution < -0.4 is 0 Å². The zero-order chi connectivity index (χ0) is 7.49. The Morgan fingerprint density at radius 2 is 2.22 bits per heavy atom. The van der Waals surface area contributed by atoms with Crippen molar-refractivity contribution in [3.05, 3.63) is 0 Å². The summed E-state index contributed by atoms with van der Waals surface area (Å²) in [6.07, 6.45) is 0. The molecule has 0 aromatic rings. The second-order valence-corrected chi connectivity index (χ2v) is 3.39. The highest BCUT2D eigenvalue weighted by Gasteiger charge is 2.18. The topological polar surface area (TPSA) is 61.1 Å². The van der Waals surface area contributed by atoms with E-state index in [9.17, 15) is 4.21 Å². The van der Waals surface area contributed by atoms with Crippen LogP contribution in [-0.4, -0.2) is 14.5 Å². The Bertz CT molecular complexity index is 159. The van der Waals surface area contributed by atoms with E-state index in [1.165, 1.54) is 0 Å². The van der Waals surface area contributed by atoms with Crippen molar-refractivity contribution in [3.8, 4) is 6.07 Å². The maximum absolute atomic E-state index is 10.1. The molecule has 1 atom stereocenters. The van der Waals surface area contributed by atoms with Gasteiger partial charge in [0.25, 0.3) is 0 Å². The van der Waals surface area contributed by atoms with Crippen LogP contribution in [0, 0.1) is 16.7 Å². The van der Waals surface area contributed by atoms with Crippen LogP contribution in [0.5, 0.6) is 0 Å². The highest BCUT2D eigenvalue weighted by atomic mass is 32.2. The van der Waals surface area contributed by atoms with Gasteiger partial charge < -0.3 is 4.55 Å². The molecular weight excluding hydrogens is 138 g/mol. The molecule has 1 N–H and O–H groups in total. The van der Waals surface area contributed by atoms with Gasteiger partial charge in [-0.05, 0) is 13.8 Å². The molecule has 0 spiro atoms. The maximum Gasteiger partial charge on any atom is 0.154 e. The molecule has 0 amide bonds. The summed E-state index contributed by atoms with van der Waals surface area (Å²) in [7, 11) is 0. The molecule has 0 aliphatic rings.